The van der Waals surface area contributed by atoms with Crippen LogP contribution in [-0.2, 0) is 6.42 Å². The third-order valence-corrected chi connectivity index (χ3v) is 5.53. The largest absolute Gasteiger partial charge is 0.386 e. The van der Waals surface area contributed by atoms with Crippen molar-refractivity contribution in [2.45, 2.75) is 26.4 Å². The lowest BCUT2D eigenvalue weighted by atomic mass is 10.1. The number of aromatic nitrogens is 1. The molecule has 0 saturated heterocycles. The van der Waals surface area contributed by atoms with Gasteiger partial charge in [-0.05, 0) is 37.8 Å². The lowest BCUT2D eigenvalue weighted by Crippen LogP contribution is -2.40. The number of aliphatic hydroxyl groups is 1. The topological polar surface area (TPSA) is 82.7 Å². The number of nitrogens with zero attached hydrogens (tertiary/aromatic N) is 2. The second-order valence-electron chi connectivity index (χ2n) is 6.14. The van der Waals surface area contributed by atoms with Crippen LogP contribution in [0.1, 0.15) is 28.0 Å². The minimum atomic E-state index is -0.575. The fourth-order valence-electron chi connectivity index (χ4n) is 2.85. The van der Waals surface area contributed by atoms with Gasteiger partial charge in [0.1, 0.15) is 11.9 Å². The van der Waals surface area contributed by atoms with E-state index in [1.54, 1.807) is 18.4 Å². The van der Waals surface area contributed by atoms with Crippen LogP contribution in [0.4, 0.5) is 0 Å². The third kappa shape index (κ3) is 5.43. The molecule has 0 radical (unpaired) electrons. The zero-order chi connectivity index (χ0) is 18.5. The van der Waals surface area contributed by atoms with Crippen molar-refractivity contribution in [3.8, 4) is 0 Å². The normalized spacial score (nSPS) is 12.7. The van der Waals surface area contributed by atoms with Crippen molar-refractivity contribution in [1.82, 2.24) is 15.8 Å². The molecule has 0 aliphatic carbocycles. The van der Waals surface area contributed by atoms with E-state index in [4.69, 9.17) is 4.52 Å². The first-order chi connectivity index (χ1) is 12.6. The second kappa shape index (κ2) is 10.0. The van der Waals surface area contributed by atoms with Crippen molar-refractivity contribution < 1.29 is 9.63 Å². The quantitative estimate of drug-likeness (QED) is 0.274. The van der Waals surface area contributed by atoms with Crippen LogP contribution in [0.3, 0.4) is 0 Å². The fourth-order valence-corrected chi connectivity index (χ4v) is 3.90. The summed E-state index contributed by atoms with van der Waals surface area (Å²) in [6.45, 7) is 4.98. The van der Waals surface area contributed by atoms with E-state index in [-0.39, 0.29) is 24.0 Å². The minimum Gasteiger partial charge on any atom is -0.386 e. The Balaban J connectivity index is 0.00000261. The first-order valence-electron chi connectivity index (χ1n) is 8.61. The molecule has 3 rings (SSSR count). The summed E-state index contributed by atoms with van der Waals surface area (Å²) in [5.41, 5.74) is 2.05. The number of thiophene rings is 1. The van der Waals surface area contributed by atoms with E-state index in [1.165, 1.54) is 4.70 Å². The molecular formula is C19H25IN4O2S. The van der Waals surface area contributed by atoms with Crippen molar-refractivity contribution in [3.63, 3.8) is 0 Å². The summed E-state index contributed by atoms with van der Waals surface area (Å²) >= 11 is 1.62. The molecule has 8 heteroatoms. The Kier molecular flexibility index (Phi) is 8.06. The molecule has 1 atom stereocenters. The van der Waals surface area contributed by atoms with Gasteiger partial charge in [-0.2, -0.15) is 0 Å². The van der Waals surface area contributed by atoms with Crippen LogP contribution in [0.2, 0.25) is 0 Å². The Morgan fingerprint density at radius 1 is 1.30 bits per heavy atom. The lowest BCUT2D eigenvalue weighted by molar-refractivity contribution is 0.184. The van der Waals surface area contributed by atoms with Crippen LogP contribution in [0, 0.1) is 13.8 Å². The molecule has 1 aromatic carbocycles. The number of nitrogens with one attached hydrogen (secondary N) is 2. The molecule has 0 aliphatic rings. The maximum absolute atomic E-state index is 10.5. The van der Waals surface area contributed by atoms with Crippen molar-refractivity contribution in [1.29, 1.82) is 0 Å². The molecule has 0 saturated carbocycles. The van der Waals surface area contributed by atoms with E-state index in [9.17, 15) is 5.11 Å². The molecule has 6 nitrogen and oxygen atoms in total. The summed E-state index contributed by atoms with van der Waals surface area (Å²) < 4.78 is 6.36. The molecule has 146 valence electrons. The Labute approximate surface area is 180 Å². The van der Waals surface area contributed by atoms with Crippen LogP contribution < -0.4 is 10.6 Å². The number of guanidine groups is 1. The molecule has 0 fully saturated rings. The van der Waals surface area contributed by atoms with Gasteiger partial charge < -0.3 is 20.3 Å². The zero-order valence-corrected chi connectivity index (χ0v) is 18.8. The van der Waals surface area contributed by atoms with Gasteiger partial charge in [-0.25, -0.2) is 0 Å². The summed E-state index contributed by atoms with van der Waals surface area (Å²) in [6, 6.07) is 10.2. The van der Waals surface area contributed by atoms with E-state index >= 15 is 0 Å². The number of halogens is 1. The first-order valence-corrected chi connectivity index (χ1v) is 9.43. The molecule has 3 N–H and O–H groups in total. The SMILES string of the molecule is CN=C(NCCc1c(C)noc1C)NCC(O)c1cc2ccccc2s1.I. The fraction of sp³-hybridized carbons (Fsp3) is 0.368. The highest BCUT2D eigenvalue weighted by Crippen LogP contribution is 2.29. The molecule has 1 unspecified atom stereocenters. The van der Waals surface area contributed by atoms with Gasteiger partial charge in [0.05, 0.1) is 5.69 Å². The number of hydrogen-bond acceptors (Lipinski definition) is 5. The first kappa shape index (κ1) is 21.6. The van der Waals surface area contributed by atoms with Gasteiger partial charge in [-0.3, -0.25) is 4.99 Å². The smallest absolute Gasteiger partial charge is 0.191 e. The van der Waals surface area contributed by atoms with E-state index < -0.39 is 6.10 Å². The van der Waals surface area contributed by atoms with Gasteiger partial charge in [-0.15, -0.1) is 35.3 Å². The maximum Gasteiger partial charge on any atom is 0.191 e. The number of benzene rings is 1. The summed E-state index contributed by atoms with van der Waals surface area (Å²) in [5, 5.41) is 22.0. The molecule has 0 bridgehead atoms. The van der Waals surface area contributed by atoms with Crippen LogP contribution in [-0.4, -0.2) is 36.4 Å². The number of hydrogen-bond donors (Lipinski definition) is 3. The minimum absolute atomic E-state index is 0. The summed E-state index contributed by atoms with van der Waals surface area (Å²) in [5.74, 6) is 1.52. The van der Waals surface area contributed by atoms with Crippen LogP contribution >= 0.6 is 35.3 Å². The summed E-state index contributed by atoms with van der Waals surface area (Å²) in [6.07, 6.45) is 0.231. The number of fused-ring (bicyclic) bond motifs is 1. The monoisotopic (exact) mass is 500 g/mol. The Bertz CT molecular complexity index is 854. The maximum atomic E-state index is 10.5. The third-order valence-electron chi connectivity index (χ3n) is 4.31. The number of aliphatic hydroxyl groups excluding tert-OH is 1. The highest BCUT2D eigenvalue weighted by Gasteiger charge is 2.13. The summed E-state index contributed by atoms with van der Waals surface area (Å²) in [4.78, 5) is 5.16. The van der Waals surface area contributed by atoms with Crippen LogP contribution in [0.15, 0.2) is 39.8 Å². The number of aliphatic imine (C=N–C) groups is 1. The van der Waals surface area contributed by atoms with E-state index in [0.29, 0.717) is 19.0 Å². The Hall–Kier alpha value is -1.65. The van der Waals surface area contributed by atoms with Crippen molar-refractivity contribution >= 4 is 51.4 Å². The predicted molar refractivity (Wildman–Crippen MR) is 121 cm³/mol. The highest BCUT2D eigenvalue weighted by atomic mass is 127. The molecule has 2 aromatic heterocycles. The average molecular weight is 500 g/mol. The van der Waals surface area contributed by atoms with Gasteiger partial charge in [0, 0.05) is 35.3 Å². The van der Waals surface area contributed by atoms with Crippen LogP contribution in [0.5, 0.6) is 0 Å². The van der Waals surface area contributed by atoms with Crippen molar-refractivity contribution in [2.24, 2.45) is 4.99 Å². The van der Waals surface area contributed by atoms with Gasteiger partial charge >= 0.3 is 0 Å². The average Bonchev–Trinajstić information content (AvgIpc) is 3.22. The second-order valence-corrected chi connectivity index (χ2v) is 7.25. The molecule has 0 amide bonds. The number of aryl methyl sites for hydroxylation is 2. The van der Waals surface area contributed by atoms with E-state index in [1.807, 2.05) is 32.0 Å². The Morgan fingerprint density at radius 2 is 2.07 bits per heavy atom. The molecule has 2 heterocycles. The Morgan fingerprint density at radius 3 is 2.74 bits per heavy atom. The van der Waals surface area contributed by atoms with Crippen LogP contribution in [0.25, 0.3) is 10.1 Å². The summed E-state index contributed by atoms with van der Waals surface area (Å²) in [7, 11) is 1.72. The molecule has 0 aliphatic heterocycles. The standard InChI is InChI=1S/C19H24N4O2S.HI/c1-12-15(13(2)25-23-12)8-9-21-19(20-3)22-11-16(24)18-10-14-6-4-5-7-17(14)26-18;/h4-7,10,16,24H,8-9,11H2,1-3H3,(H2,20,21,22);1H. The molecule has 0 spiro atoms. The molecular weight excluding hydrogens is 475 g/mol. The number of rotatable bonds is 6. The van der Waals surface area contributed by atoms with Crippen molar-refractivity contribution in [2.75, 3.05) is 20.1 Å². The molecule has 3 aromatic rings. The molecule has 27 heavy (non-hydrogen) atoms. The van der Waals surface area contributed by atoms with Gasteiger partial charge in [0.2, 0.25) is 0 Å². The van der Waals surface area contributed by atoms with E-state index in [2.05, 4.69) is 32.9 Å². The van der Waals surface area contributed by atoms with E-state index in [0.717, 1.165) is 33.7 Å². The van der Waals surface area contributed by atoms with Gasteiger partial charge in [-0.1, -0.05) is 23.4 Å². The highest BCUT2D eigenvalue weighted by molar-refractivity contribution is 14.0. The predicted octanol–water partition coefficient (Wildman–Crippen LogP) is 3.57. The van der Waals surface area contributed by atoms with Crippen molar-refractivity contribution in [3.05, 3.63) is 52.2 Å². The van der Waals surface area contributed by atoms with Gasteiger partial charge in [0.15, 0.2) is 5.96 Å². The van der Waals surface area contributed by atoms with Gasteiger partial charge in [0.25, 0.3) is 0 Å². The zero-order valence-electron chi connectivity index (χ0n) is 15.7. The lowest BCUT2D eigenvalue weighted by Gasteiger charge is -2.14.